The van der Waals surface area contributed by atoms with Gasteiger partial charge in [0.15, 0.2) is 0 Å². The molecule has 0 amide bonds. The second kappa shape index (κ2) is 8.47. The van der Waals surface area contributed by atoms with Crippen LogP contribution in [0.2, 0.25) is 0 Å². The fourth-order valence-corrected chi connectivity index (χ4v) is 2.81. The zero-order valence-corrected chi connectivity index (χ0v) is 14.9. The average Bonchev–Trinajstić information content (AvgIpc) is 2.35. The van der Waals surface area contributed by atoms with Crippen molar-refractivity contribution in [2.45, 2.75) is 78.7 Å². The van der Waals surface area contributed by atoms with Gasteiger partial charge in [-0.15, -0.1) is 0 Å². The first-order chi connectivity index (χ1) is 10.2. The molecule has 0 saturated carbocycles. The molecule has 0 saturated heterocycles. The van der Waals surface area contributed by atoms with E-state index in [1.54, 1.807) is 0 Å². The Hall–Kier alpha value is -1.15. The maximum absolute atomic E-state index is 12.1. The lowest BCUT2D eigenvalue weighted by molar-refractivity contribution is -0.119. The second-order valence-corrected chi connectivity index (χ2v) is 7.42. The Kier molecular flexibility index (Phi) is 7.28. The number of hydrogen-bond acceptors (Lipinski definition) is 2. The average molecular weight is 304 g/mol. The summed E-state index contributed by atoms with van der Waals surface area (Å²) in [5, 5.41) is 10.3. The first kappa shape index (κ1) is 18.9. The Bertz CT molecular complexity index is 472. The van der Waals surface area contributed by atoms with Gasteiger partial charge in [-0.1, -0.05) is 36.3 Å². The molecule has 1 rings (SSSR count). The van der Waals surface area contributed by atoms with Crippen LogP contribution in [-0.2, 0) is 4.79 Å². The minimum absolute atomic E-state index is 0.333. The molecule has 1 atom stereocenters. The van der Waals surface area contributed by atoms with Crippen LogP contribution >= 0.6 is 0 Å². The molecule has 124 valence electrons. The van der Waals surface area contributed by atoms with Crippen LogP contribution in [0, 0.1) is 5.92 Å². The number of Topliss-reactive ketones (excluding diaryl/α,β-unsaturated/α-hetero) is 1. The van der Waals surface area contributed by atoms with Crippen LogP contribution in [0.5, 0.6) is 0 Å². The number of ketones is 1. The third-order valence-electron chi connectivity index (χ3n) is 4.34. The first-order valence-electron chi connectivity index (χ1n) is 8.45. The van der Waals surface area contributed by atoms with E-state index in [9.17, 15) is 9.90 Å². The van der Waals surface area contributed by atoms with Gasteiger partial charge in [0.1, 0.15) is 5.78 Å². The predicted molar refractivity (Wildman–Crippen MR) is 93.8 cm³/mol. The quantitative estimate of drug-likeness (QED) is 0.681. The standard InChI is InChI=1S/C20H32O2/c1-15-7-6-8-16(2)13-19(21)14-17(3)10-12-18(11-9-15)20(4,5)22/h8-9,11,17,22H,6-7,10,12-14H2,1-5H3/b15-9+,16-8+,18-11+/t17-/m1/s1. The molecular weight excluding hydrogens is 272 g/mol. The summed E-state index contributed by atoms with van der Waals surface area (Å²) in [5.74, 6) is 0.693. The molecule has 0 bridgehead atoms. The molecule has 1 N–H and O–H groups in total. The first-order valence-corrected chi connectivity index (χ1v) is 8.45. The summed E-state index contributed by atoms with van der Waals surface area (Å²) in [4.78, 5) is 12.1. The highest BCUT2D eigenvalue weighted by Gasteiger charge is 2.20. The van der Waals surface area contributed by atoms with Crippen LogP contribution in [-0.4, -0.2) is 16.5 Å². The minimum atomic E-state index is -0.798. The number of rotatable bonds is 1. The van der Waals surface area contributed by atoms with Gasteiger partial charge in [0.2, 0.25) is 0 Å². The summed E-state index contributed by atoms with van der Waals surface area (Å²) in [5.41, 5.74) is 2.75. The van der Waals surface area contributed by atoms with Crippen LogP contribution in [0.1, 0.15) is 73.1 Å². The van der Waals surface area contributed by atoms with Crippen LogP contribution in [0.15, 0.2) is 34.9 Å². The number of hydrogen-bond donors (Lipinski definition) is 1. The summed E-state index contributed by atoms with van der Waals surface area (Å²) in [7, 11) is 0. The van der Waals surface area contributed by atoms with Gasteiger partial charge in [0.05, 0.1) is 5.60 Å². The number of carbonyl (C=O) groups excluding carboxylic acids is 1. The van der Waals surface area contributed by atoms with E-state index >= 15 is 0 Å². The highest BCUT2D eigenvalue weighted by molar-refractivity contribution is 5.80. The van der Waals surface area contributed by atoms with Gasteiger partial charge >= 0.3 is 0 Å². The normalized spacial score (nSPS) is 30.4. The Balaban J connectivity index is 2.97. The van der Waals surface area contributed by atoms with Crippen molar-refractivity contribution in [2.75, 3.05) is 0 Å². The van der Waals surface area contributed by atoms with Gasteiger partial charge in [-0.05, 0) is 64.9 Å². The SMILES string of the molecule is C/C1=C\C=C(\C(C)(C)O)CC[C@@H](C)CC(=O)C/C(C)=C/CC1. The van der Waals surface area contributed by atoms with E-state index in [4.69, 9.17) is 0 Å². The minimum Gasteiger partial charge on any atom is -0.386 e. The Morgan fingerprint density at radius 1 is 1.14 bits per heavy atom. The monoisotopic (exact) mass is 304 g/mol. The van der Waals surface area contributed by atoms with Gasteiger partial charge in [0, 0.05) is 12.8 Å². The van der Waals surface area contributed by atoms with Crippen LogP contribution in [0.4, 0.5) is 0 Å². The lowest BCUT2D eigenvalue weighted by atomic mass is 9.88. The molecule has 0 heterocycles. The fourth-order valence-electron chi connectivity index (χ4n) is 2.81. The molecule has 0 aromatic rings. The van der Waals surface area contributed by atoms with E-state index in [0.717, 1.165) is 31.3 Å². The van der Waals surface area contributed by atoms with E-state index in [-0.39, 0.29) is 0 Å². The van der Waals surface area contributed by atoms with Crippen molar-refractivity contribution < 1.29 is 9.90 Å². The van der Waals surface area contributed by atoms with E-state index in [1.807, 2.05) is 13.8 Å². The summed E-state index contributed by atoms with van der Waals surface area (Å²) < 4.78 is 0. The highest BCUT2D eigenvalue weighted by Crippen LogP contribution is 2.25. The van der Waals surface area contributed by atoms with Crippen molar-refractivity contribution in [2.24, 2.45) is 5.92 Å². The summed E-state index contributed by atoms with van der Waals surface area (Å²) in [6.45, 7) is 9.99. The van der Waals surface area contributed by atoms with Gasteiger partial charge < -0.3 is 5.11 Å². The summed E-state index contributed by atoms with van der Waals surface area (Å²) in [6.07, 6.45) is 11.4. The molecule has 2 heteroatoms. The Morgan fingerprint density at radius 2 is 1.82 bits per heavy atom. The van der Waals surface area contributed by atoms with Crippen molar-refractivity contribution in [1.82, 2.24) is 0 Å². The maximum atomic E-state index is 12.1. The largest absolute Gasteiger partial charge is 0.386 e. The Labute approximate surface area is 136 Å². The fraction of sp³-hybridized carbons (Fsp3) is 0.650. The molecule has 22 heavy (non-hydrogen) atoms. The second-order valence-electron chi connectivity index (χ2n) is 7.42. The molecule has 0 aliphatic heterocycles. The van der Waals surface area contributed by atoms with E-state index in [1.165, 1.54) is 11.1 Å². The number of carbonyl (C=O) groups is 1. The molecule has 0 radical (unpaired) electrons. The lowest BCUT2D eigenvalue weighted by Gasteiger charge is -2.23. The van der Waals surface area contributed by atoms with Gasteiger partial charge in [-0.25, -0.2) is 0 Å². The van der Waals surface area contributed by atoms with Gasteiger partial charge in [-0.3, -0.25) is 4.79 Å². The Morgan fingerprint density at radius 3 is 2.45 bits per heavy atom. The molecule has 0 spiro atoms. The molecule has 1 aliphatic rings. The summed E-state index contributed by atoms with van der Waals surface area (Å²) in [6, 6.07) is 0. The van der Waals surface area contributed by atoms with E-state index in [2.05, 4.69) is 39.0 Å². The number of aliphatic hydroxyl groups is 1. The smallest absolute Gasteiger partial charge is 0.137 e. The molecule has 0 aromatic carbocycles. The van der Waals surface area contributed by atoms with Crippen molar-refractivity contribution >= 4 is 5.78 Å². The third-order valence-corrected chi connectivity index (χ3v) is 4.34. The molecule has 0 unspecified atom stereocenters. The highest BCUT2D eigenvalue weighted by atomic mass is 16.3. The van der Waals surface area contributed by atoms with Crippen molar-refractivity contribution in [3.63, 3.8) is 0 Å². The van der Waals surface area contributed by atoms with Crippen molar-refractivity contribution in [1.29, 1.82) is 0 Å². The molecule has 2 nitrogen and oxygen atoms in total. The molecular formula is C20H32O2. The van der Waals surface area contributed by atoms with E-state index < -0.39 is 5.60 Å². The maximum Gasteiger partial charge on any atom is 0.137 e. The zero-order chi connectivity index (χ0) is 16.8. The lowest BCUT2D eigenvalue weighted by Crippen LogP contribution is -2.22. The van der Waals surface area contributed by atoms with Crippen molar-refractivity contribution in [3.8, 4) is 0 Å². The van der Waals surface area contributed by atoms with Crippen LogP contribution < -0.4 is 0 Å². The van der Waals surface area contributed by atoms with Gasteiger partial charge in [0.25, 0.3) is 0 Å². The number of allylic oxidation sites excluding steroid dienone is 5. The molecule has 0 aromatic heterocycles. The molecule has 0 fully saturated rings. The van der Waals surface area contributed by atoms with Crippen LogP contribution in [0.25, 0.3) is 0 Å². The zero-order valence-electron chi connectivity index (χ0n) is 14.9. The topological polar surface area (TPSA) is 37.3 Å². The molecule has 1 aliphatic carbocycles. The predicted octanol–water partition coefficient (Wildman–Crippen LogP) is 5.14. The van der Waals surface area contributed by atoms with E-state index in [0.29, 0.717) is 24.5 Å². The summed E-state index contributed by atoms with van der Waals surface area (Å²) >= 11 is 0. The van der Waals surface area contributed by atoms with Crippen LogP contribution in [0.3, 0.4) is 0 Å². The third kappa shape index (κ3) is 7.22. The van der Waals surface area contributed by atoms with Gasteiger partial charge in [-0.2, -0.15) is 0 Å². The van der Waals surface area contributed by atoms with Crippen molar-refractivity contribution in [3.05, 3.63) is 34.9 Å².